The van der Waals surface area contributed by atoms with E-state index in [-0.39, 0.29) is 11.4 Å². The van der Waals surface area contributed by atoms with E-state index in [1.54, 1.807) is 24.3 Å². The number of anilines is 1. The molecular formula is C13H11ClN2O4S. The van der Waals surface area contributed by atoms with Gasteiger partial charge in [-0.05, 0) is 17.7 Å². The van der Waals surface area contributed by atoms with Crippen LogP contribution in [0, 0.1) is 10.1 Å². The number of non-ortho nitro benzene ring substituents is 1. The number of nitro groups is 1. The summed E-state index contributed by atoms with van der Waals surface area (Å²) in [6, 6.07) is 11.8. The van der Waals surface area contributed by atoms with E-state index in [1.807, 2.05) is 0 Å². The lowest BCUT2D eigenvalue weighted by atomic mass is 10.2. The number of para-hydroxylation sites is 1. The van der Waals surface area contributed by atoms with Crippen LogP contribution in [0.2, 0.25) is 5.02 Å². The lowest BCUT2D eigenvalue weighted by Crippen LogP contribution is -2.15. The Morgan fingerprint density at radius 1 is 1.10 bits per heavy atom. The van der Waals surface area contributed by atoms with Gasteiger partial charge in [-0.25, -0.2) is 8.42 Å². The summed E-state index contributed by atoms with van der Waals surface area (Å²) in [5.41, 5.74) is 0.649. The molecule has 0 heterocycles. The van der Waals surface area contributed by atoms with Crippen molar-refractivity contribution in [2.24, 2.45) is 0 Å². The second-order valence-corrected chi connectivity index (χ2v) is 6.39. The first kappa shape index (κ1) is 15.3. The summed E-state index contributed by atoms with van der Waals surface area (Å²) in [7, 11) is -3.65. The van der Waals surface area contributed by atoms with Crippen LogP contribution in [0.1, 0.15) is 5.56 Å². The summed E-state index contributed by atoms with van der Waals surface area (Å²) < 4.78 is 26.5. The van der Waals surface area contributed by atoms with Crippen molar-refractivity contribution in [1.29, 1.82) is 0 Å². The average molecular weight is 327 g/mol. The van der Waals surface area contributed by atoms with Crippen molar-refractivity contribution in [1.82, 2.24) is 0 Å². The zero-order valence-corrected chi connectivity index (χ0v) is 12.3. The Hall–Kier alpha value is -2.12. The highest BCUT2D eigenvalue weighted by molar-refractivity contribution is 7.91. The molecule has 0 aromatic heterocycles. The number of nitrogens with one attached hydrogen (secondary N) is 1. The Balaban J connectivity index is 2.14. The monoisotopic (exact) mass is 326 g/mol. The van der Waals surface area contributed by atoms with Gasteiger partial charge < -0.3 is 0 Å². The quantitative estimate of drug-likeness (QED) is 0.675. The molecule has 8 heteroatoms. The SMILES string of the molecule is O=[N+]([O-])c1ccc(CS(=O)(=O)Nc2ccccc2Cl)cc1. The molecule has 1 N–H and O–H groups in total. The van der Waals surface area contributed by atoms with Gasteiger partial charge in [-0.3, -0.25) is 14.8 Å². The highest BCUT2D eigenvalue weighted by atomic mass is 35.5. The first-order valence-corrected chi connectivity index (χ1v) is 7.89. The standard InChI is InChI=1S/C13H11ClN2O4S/c14-12-3-1-2-4-13(12)15-21(19,20)9-10-5-7-11(8-6-10)16(17)18/h1-8,15H,9H2. The minimum atomic E-state index is -3.65. The van der Waals surface area contributed by atoms with Crippen molar-refractivity contribution in [3.8, 4) is 0 Å². The number of hydrogen-bond acceptors (Lipinski definition) is 4. The van der Waals surface area contributed by atoms with Gasteiger partial charge in [0.25, 0.3) is 5.69 Å². The van der Waals surface area contributed by atoms with Crippen LogP contribution >= 0.6 is 11.6 Å². The molecule has 2 rings (SSSR count). The number of halogens is 1. The Bertz CT molecular complexity index is 760. The molecule has 0 aliphatic heterocycles. The van der Waals surface area contributed by atoms with Crippen molar-refractivity contribution >= 4 is 33.0 Å². The minimum absolute atomic E-state index is 0.0878. The summed E-state index contributed by atoms with van der Waals surface area (Å²) in [5.74, 6) is -0.295. The summed E-state index contributed by atoms with van der Waals surface area (Å²) in [4.78, 5) is 10.00. The van der Waals surface area contributed by atoms with E-state index < -0.39 is 14.9 Å². The summed E-state index contributed by atoms with van der Waals surface area (Å²) in [6.45, 7) is 0. The average Bonchev–Trinajstić information content (AvgIpc) is 2.41. The van der Waals surface area contributed by atoms with Crippen LogP contribution in [-0.2, 0) is 15.8 Å². The van der Waals surface area contributed by atoms with Crippen molar-refractivity contribution < 1.29 is 13.3 Å². The molecular weight excluding hydrogens is 316 g/mol. The number of hydrogen-bond donors (Lipinski definition) is 1. The maximum Gasteiger partial charge on any atom is 0.269 e. The van der Waals surface area contributed by atoms with Gasteiger partial charge in [0.05, 0.1) is 21.4 Å². The van der Waals surface area contributed by atoms with E-state index >= 15 is 0 Å². The second-order valence-electron chi connectivity index (χ2n) is 4.26. The van der Waals surface area contributed by atoms with Gasteiger partial charge in [0, 0.05) is 12.1 Å². The van der Waals surface area contributed by atoms with Gasteiger partial charge in [-0.2, -0.15) is 0 Å². The summed E-state index contributed by atoms with van der Waals surface area (Å²) in [5, 5.41) is 10.8. The molecule has 0 amide bonds. The fourth-order valence-corrected chi connectivity index (χ4v) is 3.14. The van der Waals surface area contributed by atoms with Gasteiger partial charge in [-0.15, -0.1) is 0 Å². The lowest BCUT2D eigenvalue weighted by Gasteiger charge is -2.09. The third kappa shape index (κ3) is 4.17. The molecule has 0 spiro atoms. The van der Waals surface area contributed by atoms with Gasteiger partial charge >= 0.3 is 0 Å². The minimum Gasteiger partial charge on any atom is -0.282 e. The van der Waals surface area contributed by atoms with E-state index in [0.29, 0.717) is 16.3 Å². The first-order valence-electron chi connectivity index (χ1n) is 5.86. The van der Waals surface area contributed by atoms with Crippen LogP contribution in [0.5, 0.6) is 0 Å². The molecule has 0 saturated carbocycles. The van der Waals surface area contributed by atoms with Crippen molar-refractivity contribution in [2.45, 2.75) is 5.75 Å². The van der Waals surface area contributed by atoms with E-state index in [4.69, 9.17) is 11.6 Å². The van der Waals surface area contributed by atoms with Crippen molar-refractivity contribution in [3.05, 3.63) is 69.2 Å². The highest BCUT2D eigenvalue weighted by Gasteiger charge is 2.14. The largest absolute Gasteiger partial charge is 0.282 e. The van der Waals surface area contributed by atoms with Crippen LogP contribution in [0.15, 0.2) is 48.5 Å². The maximum atomic E-state index is 12.0. The molecule has 21 heavy (non-hydrogen) atoms. The van der Waals surface area contributed by atoms with Crippen LogP contribution < -0.4 is 4.72 Å². The van der Waals surface area contributed by atoms with Gasteiger partial charge in [-0.1, -0.05) is 35.9 Å². The van der Waals surface area contributed by atoms with Gasteiger partial charge in [0.1, 0.15) is 0 Å². The molecule has 0 aliphatic rings. The molecule has 0 radical (unpaired) electrons. The Morgan fingerprint density at radius 3 is 2.29 bits per heavy atom. The molecule has 0 aliphatic carbocycles. The molecule has 2 aromatic rings. The van der Waals surface area contributed by atoms with Crippen molar-refractivity contribution in [2.75, 3.05) is 4.72 Å². The Labute approximate surface area is 126 Å². The normalized spacial score (nSPS) is 11.1. The second kappa shape index (κ2) is 6.11. The number of benzene rings is 2. The summed E-state index contributed by atoms with van der Waals surface area (Å²) in [6.07, 6.45) is 0. The highest BCUT2D eigenvalue weighted by Crippen LogP contribution is 2.23. The zero-order valence-electron chi connectivity index (χ0n) is 10.7. The lowest BCUT2D eigenvalue weighted by molar-refractivity contribution is -0.384. The van der Waals surface area contributed by atoms with Crippen LogP contribution in [0.4, 0.5) is 11.4 Å². The van der Waals surface area contributed by atoms with Gasteiger partial charge in [0.15, 0.2) is 0 Å². The molecule has 0 saturated heterocycles. The van der Waals surface area contributed by atoms with Crippen LogP contribution in [-0.4, -0.2) is 13.3 Å². The first-order chi connectivity index (χ1) is 9.87. The maximum absolute atomic E-state index is 12.0. The summed E-state index contributed by atoms with van der Waals surface area (Å²) >= 11 is 5.89. The number of nitrogens with zero attached hydrogens (tertiary/aromatic N) is 1. The smallest absolute Gasteiger partial charge is 0.269 e. The van der Waals surface area contributed by atoms with Gasteiger partial charge in [0.2, 0.25) is 10.0 Å². The number of rotatable bonds is 5. The molecule has 0 atom stereocenters. The molecule has 110 valence electrons. The molecule has 0 fully saturated rings. The van der Waals surface area contributed by atoms with E-state index in [0.717, 1.165) is 0 Å². The predicted octanol–water partition coefficient (Wildman–Crippen LogP) is 3.19. The molecule has 2 aromatic carbocycles. The van der Waals surface area contributed by atoms with Crippen LogP contribution in [0.25, 0.3) is 0 Å². The number of nitro benzene ring substituents is 1. The third-order valence-corrected chi connectivity index (χ3v) is 4.22. The molecule has 0 bridgehead atoms. The van der Waals surface area contributed by atoms with Crippen LogP contribution in [0.3, 0.4) is 0 Å². The Morgan fingerprint density at radius 2 is 1.71 bits per heavy atom. The Kier molecular flexibility index (Phi) is 4.44. The van der Waals surface area contributed by atoms with E-state index in [1.165, 1.54) is 24.3 Å². The number of sulfonamides is 1. The zero-order chi connectivity index (χ0) is 15.5. The fourth-order valence-electron chi connectivity index (χ4n) is 1.68. The van der Waals surface area contributed by atoms with E-state index in [2.05, 4.69) is 4.72 Å². The molecule has 0 unspecified atom stereocenters. The van der Waals surface area contributed by atoms with E-state index in [9.17, 15) is 18.5 Å². The third-order valence-electron chi connectivity index (χ3n) is 2.64. The van der Waals surface area contributed by atoms with Crippen molar-refractivity contribution in [3.63, 3.8) is 0 Å². The topological polar surface area (TPSA) is 89.3 Å². The predicted molar refractivity (Wildman–Crippen MR) is 80.8 cm³/mol. The fraction of sp³-hybridized carbons (Fsp3) is 0.0769. The molecule has 6 nitrogen and oxygen atoms in total.